The van der Waals surface area contributed by atoms with Gasteiger partial charge in [0.15, 0.2) is 0 Å². The minimum absolute atomic E-state index is 0.0862. The SMILES string of the molecule is CCOC(=O)c1cc2c(ccn2-c2ccc(F)cc2)n1CC(=O)Nc1ccc(OC)cc1. The van der Waals surface area contributed by atoms with E-state index in [9.17, 15) is 14.0 Å². The average molecular weight is 435 g/mol. The molecule has 0 saturated carbocycles. The van der Waals surface area contributed by atoms with Gasteiger partial charge in [0, 0.05) is 17.6 Å². The number of amides is 1. The van der Waals surface area contributed by atoms with Crippen molar-refractivity contribution in [2.45, 2.75) is 13.5 Å². The third kappa shape index (κ3) is 4.20. The van der Waals surface area contributed by atoms with Crippen LogP contribution < -0.4 is 10.1 Å². The molecule has 1 amide bonds. The molecule has 8 heteroatoms. The Hall–Kier alpha value is -4.07. The Kier molecular flexibility index (Phi) is 5.93. The first kappa shape index (κ1) is 21.2. The second-order valence-corrected chi connectivity index (χ2v) is 7.05. The van der Waals surface area contributed by atoms with Crippen molar-refractivity contribution >= 4 is 28.6 Å². The Balaban J connectivity index is 1.68. The zero-order chi connectivity index (χ0) is 22.7. The Labute approximate surface area is 184 Å². The number of carbonyl (C=O) groups excluding carboxylic acids is 2. The number of methoxy groups -OCH3 is 1. The van der Waals surface area contributed by atoms with Gasteiger partial charge in [0.2, 0.25) is 5.91 Å². The van der Waals surface area contributed by atoms with Crippen molar-refractivity contribution in [2.24, 2.45) is 0 Å². The van der Waals surface area contributed by atoms with Gasteiger partial charge < -0.3 is 23.9 Å². The van der Waals surface area contributed by atoms with Gasteiger partial charge in [0.05, 0.1) is 24.8 Å². The maximum absolute atomic E-state index is 13.3. The molecular weight excluding hydrogens is 413 g/mol. The first-order valence-corrected chi connectivity index (χ1v) is 10.1. The van der Waals surface area contributed by atoms with Crippen molar-refractivity contribution in [3.05, 3.63) is 78.4 Å². The summed E-state index contributed by atoms with van der Waals surface area (Å²) in [5.74, 6) is -0.474. The molecule has 7 nitrogen and oxygen atoms in total. The van der Waals surface area contributed by atoms with Crippen LogP contribution >= 0.6 is 0 Å². The summed E-state index contributed by atoms with van der Waals surface area (Å²) in [6.45, 7) is 1.85. The summed E-state index contributed by atoms with van der Waals surface area (Å²) in [6, 6.07) is 16.5. The molecule has 164 valence electrons. The van der Waals surface area contributed by atoms with E-state index in [4.69, 9.17) is 9.47 Å². The second kappa shape index (κ2) is 8.97. The molecule has 0 saturated heterocycles. The van der Waals surface area contributed by atoms with Crippen molar-refractivity contribution in [1.82, 2.24) is 9.13 Å². The molecule has 0 aliphatic rings. The molecule has 0 aliphatic carbocycles. The summed E-state index contributed by atoms with van der Waals surface area (Å²) in [6.07, 6.45) is 1.81. The molecule has 4 aromatic rings. The molecular formula is C24H22FN3O4. The van der Waals surface area contributed by atoms with Crippen molar-refractivity contribution in [2.75, 3.05) is 19.0 Å². The molecule has 32 heavy (non-hydrogen) atoms. The summed E-state index contributed by atoms with van der Waals surface area (Å²) < 4.78 is 27.1. The second-order valence-electron chi connectivity index (χ2n) is 7.05. The van der Waals surface area contributed by atoms with E-state index in [1.54, 1.807) is 61.1 Å². The summed E-state index contributed by atoms with van der Waals surface area (Å²) in [5.41, 5.74) is 3.00. The number of hydrogen-bond donors (Lipinski definition) is 1. The summed E-state index contributed by atoms with van der Waals surface area (Å²) in [4.78, 5) is 25.3. The lowest BCUT2D eigenvalue weighted by Gasteiger charge is -2.10. The van der Waals surface area contributed by atoms with Gasteiger partial charge in [-0.25, -0.2) is 9.18 Å². The Morgan fingerprint density at radius 2 is 1.72 bits per heavy atom. The fraction of sp³-hybridized carbons (Fsp3) is 0.167. The van der Waals surface area contributed by atoms with Gasteiger partial charge in [-0.05, 0) is 67.6 Å². The number of hydrogen-bond acceptors (Lipinski definition) is 4. The Morgan fingerprint density at radius 3 is 2.38 bits per heavy atom. The van der Waals surface area contributed by atoms with Gasteiger partial charge in [0.1, 0.15) is 23.8 Å². The third-order valence-corrected chi connectivity index (χ3v) is 5.02. The highest BCUT2D eigenvalue weighted by atomic mass is 19.1. The first-order chi connectivity index (χ1) is 15.5. The maximum Gasteiger partial charge on any atom is 0.355 e. The first-order valence-electron chi connectivity index (χ1n) is 10.1. The van der Waals surface area contributed by atoms with E-state index in [1.807, 2.05) is 16.8 Å². The highest BCUT2D eigenvalue weighted by molar-refractivity contribution is 5.98. The summed E-state index contributed by atoms with van der Waals surface area (Å²) >= 11 is 0. The van der Waals surface area contributed by atoms with Crippen LogP contribution in [0, 0.1) is 5.82 Å². The monoisotopic (exact) mass is 435 g/mol. The standard InChI is InChI=1S/C24H22FN3O4/c1-3-32-24(30)22-14-21-20(12-13-27(21)18-8-4-16(25)5-9-18)28(22)15-23(29)26-17-6-10-19(31-2)11-7-17/h4-14H,3,15H2,1-2H3,(H,26,29). The zero-order valence-electron chi connectivity index (χ0n) is 17.7. The number of nitrogens with one attached hydrogen (secondary N) is 1. The number of anilines is 1. The van der Waals surface area contributed by atoms with E-state index in [0.29, 0.717) is 22.5 Å². The Bertz CT molecular complexity index is 1260. The molecule has 0 atom stereocenters. The number of carbonyl (C=O) groups is 2. The number of esters is 1. The van der Waals surface area contributed by atoms with Crippen LogP contribution in [0.5, 0.6) is 5.75 Å². The average Bonchev–Trinajstić information content (AvgIpc) is 3.35. The van der Waals surface area contributed by atoms with E-state index in [2.05, 4.69) is 5.32 Å². The number of nitrogens with zero attached hydrogens (tertiary/aromatic N) is 2. The Morgan fingerprint density at radius 1 is 1.00 bits per heavy atom. The highest BCUT2D eigenvalue weighted by Gasteiger charge is 2.21. The number of rotatable bonds is 7. The molecule has 4 rings (SSSR count). The minimum atomic E-state index is -0.522. The minimum Gasteiger partial charge on any atom is -0.497 e. The lowest BCUT2D eigenvalue weighted by Crippen LogP contribution is -2.22. The number of benzene rings is 2. The molecule has 0 radical (unpaired) electrons. The van der Waals surface area contributed by atoms with Gasteiger partial charge in [-0.1, -0.05) is 0 Å². The number of aromatic nitrogens is 2. The van der Waals surface area contributed by atoms with Crippen LogP contribution in [0.4, 0.5) is 10.1 Å². The van der Waals surface area contributed by atoms with E-state index in [-0.39, 0.29) is 30.6 Å². The van der Waals surface area contributed by atoms with Gasteiger partial charge >= 0.3 is 5.97 Å². The maximum atomic E-state index is 13.3. The van der Waals surface area contributed by atoms with Gasteiger partial charge in [-0.3, -0.25) is 4.79 Å². The summed E-state index contributed by atoms with van der Waals surface area (Å²) in [7, 11) is 1.57. The smallest absolute Gasteiger partial charge is 0.355 e. The van der Waals surface area contributed by atoms with Gasteiger partial charge in [-0.2, -0.15) is 0 Å². The highest BCUT2D eigenvalue weighted by Crippen LogP contribution is 2.26. The van der Waals surface area contributed by atoms with E-state index in [1.165, 1.54) is 12.1 Å². The van der Waals surface area contributed by atoms with E-state index < -0.39 is 5.97 Å². The van der Waals surface area contributed by atoms with Crippen LogP contribution in [0.3, 0.4) is 0 Å². The van der Waals surface area contributed by atoms with Crippen molar-refractivity contribution < 1.29 is 23.5 Å². The normalized spacial score (nSPS) is 10.8. The predicted molar refractivity (Wildman–Crippen MR) is 119 cm³/mol. The van der Waals surface area contributed by atoms with E-state index in [0.717, 1.165) is 5.69 Å². The fourth-order valence-corrected chi connectivity index (χ4v) is 3.53. The molecule has 1 N–H and O–H groups in total. The molecule has 0 unspecified atom stereocenters. The molecule has 2 aromatic carbocycles. The van der Waals surface area contributed by atoms with Crippen molar-refractivity contribution in [1.29, 1.82) is 0 Å². The molecule has 2 heterocycles. The molecule has 2 aromatic heterocycles. The molecule has 0 bridgehead atoms. The zero-order valence-corrected chi connectivity index (χ0v) is 17.7. The number of fused-ring (bicyclic) bond motifs is 1. The van der Waals surface area contributed by atoms with Crippen molar-refractivity contribution in [3.63, 3.8) is 0 Å². The van der Waals surface area contributed by atoms with Crippen LogP contribution in [-0.2, 0) is 16.1 Å². The van der Waals surface area contributed by atoms with Crippen LogP contribution in [0.2, 0.25) is 0 Å². The van der Waals surface area contributed by atoms with Crippen LogP contribution in [0.15, 0.2) is 66.9 Å². The fourth-order valence-electron chi connectivity index (χ4n) is 3.53. The lowest BCUT2D eigenvalue weighted by atomic mass is 10.3. The number of halogens is 1. The topological polar surface area (TPSA) is 74.5 Å². The largest absolute Gasteiger partial charge is 0.497 e. The molecule has 0 fully saturated rings. The van der Waals surface area contributed by atoms with Crippen LogP contribution in [0.1, 0.15) is 17.4 Å². The quantitative estimate of drug-likeness (QED) is 0.437. The predicted octanol–water partition coefficient (Wildman–Crippen LogP) is 4.40. The lowest BCUT2D eigenvalue weighted by molar-refractivity contribution is -0.116. The summed E-state index contributed by atoms with van der Waals surface area (Å²) in [5, 5.41) is 2.82. The van der Waals surface area contributed by atoms with E-state index >= 15 is 0 Å². The van der Waals surface area contributed by atoms with Crippen LogP contribution in [0.25, 0.3) is 16.7 Å². The number of ether oxygens (including phenoxy) is 2. The van der Waals surface area contributed by atoms with Crippen molar-refractivity contribution in [3.8, 4) is 11.4 Å². The van der Waals surface area contributed by atoms with Crippen LogP contribution in [-0.4, -0.2) is 34.7 Å². The third-order valence-electron chi connectivity index (χ3n) is 5.02. The molecule has 0 spiro atoms. The molecule has 0 aliphatic heterocycles. The van der Waals surface area contributed by atoms with Gasteiger partial charge in [0.25, 0.3) is 0 Å². The van der Waals surface area contributed by atoms with Gasteiger partial charge in [-0.15, -0.1) is 0 Å².